The number of benzene rings is 1. The predicted octanol–water partition coefficient (Wildman–Crippen LogP) is 2.36. The first-order chi connectivity index (χ1) is 7.18. The van der Waals surface area contributed by atoms with Crippen molar-refractivity contribution in [1.82, 2.24) is 10.1 Å². The summed E-state index contributed by atoms with van der Waals surface area (Å²) in [7, 11) is 0. The molecule has 5 heteroatoms. The third-order valence-corrected chi connectivity index (χ3v) is 2.89. The minimum absolute atomic E-state index is 0.205. The first-order valence-electron chi connectivity index (χ1n) is 4.52. The van der Waals surface area contributed by atoms with Gasteiger partial charge < -0.3 is 10.3 Å². The summed E-state index contributed by atoms with van der Waals surface area (Å²) in [4.78, 5) is 4.23. The molecule has 4 nitrogen and oxygen atoms in total. The van der Waals surface area contributed by atoms with Crippen LogP contribution in [0, 0.1) is 3.57 Å². The van der Waals surface area contributed by atoms with Gasteiger partial charge in [-0.25, -0.2) is 0 Å². The smallest absolute Gasteiger partial charge is 0.259 e. The molecule has 0 fully saturated rings. The van der Waals surface area contributed by atoms with E-state index in [4.69, 9.17) is 10.3 Å². The van der Waals surface area contributed by atoms with Crippen LogP contribution in [-0.4, -0.2) is 10.1 Å². The molecule has 1 heterocycles. The lowest BCUT2D eigenvalue weighted by atomic mass is 10.2. The van der Waals surface area contributed by atoms with Gasteiger partial charge in [0.25, 0.3) is 5.89 Å². The monoisotopic (exact) mass is 315 g/mol. The number of hydrogen-bond donors (Lipinski definition) is 1. The molecule has 0 radical (unpaired) electrons. The van der Waals surface area contributed by atoms with Crippen molar-refractivity contribution in [3.63, 3.8) is 0 Å². The van der Waals surface area contributed by atoms with Crippen molar-refractivity contribution in [2.24, 2.45) is 5.73 Å². The summed E-state index contributed by atoms with van der Waals surface area (Å²) in [5.41, 5.74) is 6.60. The normalized spacial score (nSPS) is 12.7. The van der Waals surface area contributed by atoms with Gasteiger partial charge in [0.1, 0.15) is 0 Å². The SMILES string of the molecule is CC(N)c1noc(-c2ccccc2I)n1. The average molecular weight is 315 g/mol. The Kier molecular flexibility index (Phi) is 3.01. The summed E-state index contributed by atoms with van der Waals surface area (Å²) in [6.45, 7) is 1.82. The molecule has 15 heavy (non-hydrogen) atoms. The predicted molar refractivity (Wildman–Crippen MR) is 65.1 cm³/mol. The highest BCUT2D eigenvalue weighted by atomic mass is 127. The average Bonchev–Trinajstić information content (AvgIpc) is 2.67. The third-order valence-electron chi connectivity index (χ3n) is 1.95. The zero-order valence-corrected chi connectivity index (χ0v) is 10.3. The van der Waals surface area contributed by atoms with E-state index in [1.165, 1.54) is 0 Å². The van der Waals surface area contributed by atoms with Crippen LogP contribution in [0.25, 0.3) is 11.5 Å². The molecule has 0 bridgehead atoms. The van der Waals surface area contributed by atoms with Crippen LogP contribution in [0.5, 0.6) is 0 Å². The van der Waals surface area contributed by atoms with Crippen molar-refractivity contribution in [2.75, 3.05) is 0 Å². The van der Waals surface area contributed by atoms with Gasteiger partial charge in [-0.1, -0.05) is 17.3 Å². The molecule has 1 aromatic heterocycles. The van der Waals surface area contributed by atoms with Crippen molar-refractivity contribution in [2.45, 2.75) is 13.0 Å². The Labute approximate surface area is 101 Å². The fourth-order valence-corrected chi connectivity index (χ4v) is 1.78. The van der Waals surface area contributed by atoms with E-state index in [0.717, 1.165) is 9.13 Å². The highest BCUT2D eigenvalue weighted by molar-refractivity contribution is 14.1. The molecular formula is C10H10IN3O. The first-order valence-corrected chi connectivity index (χ1v) is 5.60. The van der Waals surface area contributed by atoms with Crippen LogP contribution in [0.3, 0.4) is 0 Å². The van der Waals surface area contributed by atoms with Gasteiger partial charge in [-0.15, -0.1) is 0 Å². The molecule has 78 valence electrons. The molecule has 2 N–H and O–H groups in total. The van der Waals surface area contributed by atoms with Gasteiger partial charge in [0.05, 0.1) is 11.6 Å². The zero-order valence-electron chi connectivity index (χ0n) is 8.14. The van der Waals surface area contributed by atoms with Crippen LogP contribution in [0.1, 0.15) is 18.8 Å². The molecule has 0 saturated carbocycles. The Bertz CT molecular complexity index is 467. The molecule has 0 aliphatic rings. The van der Waals surface area contributed by atoms with Crippen molar-refractivity contribution in [3.8, 4) is 11.5 Å². The molecule has 0 amide bonds. The number of halogens is 1. The molecule has 1 atom stereocenters. The molecule has 0 aliphatic carbocycles. The number of hydrogen-bond acceptors (Lipinski definition) is 4. The summed E-state index contributed by atoms with van der Waals surface area (Å²) in [5, 5.41) is 3.82. The van der Waals surface area contributed by atoms with Gasteiger partial charge in [-0.05, 0) is 41.6 Å². The molecule has 0 saturated heterocycles. The second kappa shape index (κ2) is 4.28. The van der Waals surface area contributed by atoms with E-state index in [9.17, 15) is 0 Å². The van der Waals surface area contributed by atoms with Crippen molar-refractivity contribution in [3.05, 3.63) is 33.7 Å². The van der Waals surface area contributed by atoms with Gasteiger partial charge in [0, 0.05) is 3.57 Å². The lowest BCUT2D eigenvalue weighted by Crippen LogP contribution is -2.06. The fourth-order valence-electron chi connectivity index (χ4n) is 1.16. The highest BCUT2D eigenvalue weighted by Gasteiger charge is 2.13. The number of nitrogens with two attached hydrogens (primary N) is 1. The van der Waals surface area contributed by atoms with Gasteiger partial charge >= 0.3 is 0 Å². The van der Waals surface area contributed by atoms with Crippen LogP contribution in [0.15, 0.2) is 28.8 Å². The Morgan fingerprint density at radius 1 is 1.40 bits per heavy atom. The molecule has 2 aromatic rings. The number of nitrogens with zero attached hydrogens (tertiary/aromatic N) is 2. The summed E-state index contributed by atoms with van der Waals surface area (Å²) in [5.74, 6) is 1.05. The lowest BCUT2D eigenvalue weighted by Gasteiger charge is -1.96. The second-order valence-corrected chi connectivity index (χ2v) is 4.39. The van der Waals surface area contributed by atoms with Crippen LogP contribution >= 0.6 is 22.6 Å². The minimum atomic E-state index is -0.205. The van der Waals surface area contributed by atoms with Crippen molar-refractivity contribution in [1.29, 1.82) is 0 Å². The van der Waals surface area contributed by atoms with Crippen LogP contribution in [0.4, 0.5) is 0 Å². The lowest BCUT2D eigenvalue weighted by molar-refractivity contribution is 0.418. The second-order valence-electron chi connectivity index (χ2n) is 3.23. The van der Waals surface area contributed by atoms with Gasteiger partial charge in [-0.3, -0.25) is 0 Å². The first kappa shape index (κ1) is 10.6. The maximum atomic E-state index is 5.66. The van der Waals surface area contributed by atoms with E-state index in [1.54, 1.807) is 0 Å². The van der Waals surface area contributed by atoms with Crippen LogP contribution in [-0.2, 0) is 0 Å². The Hall–Kier alpha value is -0.950. The summed E-state index contributed by atoms with van der Waals surface area (Å²) in [6, 6.07) is 7.64. The summed E-state index contributed by atoms with van der Waals surface area (Å²) < 4.78 is 6.23. The van der Waals surface area contributed by atoms with Crippen molar-refractivity contribution >= 4 is 22.6 Å². The molecule has 0 aliphatic heterocycles. The third kappa shape index (κ3) is 2.18. The maximum Gasteiger partial charge on any atom is 0.259 e. The van der Waals surface area contributed by atoms with Crippen LogP contribution in [0.2, 0.25) is 0 Å². The highest BCUT2D eigenvalue weighted by Crippen LogP contribution is 2.23. The van der Waals surface area contributed by atoms with E-state index >= 15 is 0 Å². The minimum Gasteiger partial charge on any atom is -0.334 e. The van der Waals surface area contributed by atoms with Gasteiger partial charge in [-0.2, -0.15) is 4.98 Å². The quantitative estimate of drug-likeness (QED) is 0.864. The number of rotatable bonds is 2. The van der Waals surface area contributed by atoms with Crippen molar-refractivity contribution < 1.29 is 4.52 Å². The Morgan fingerprint density at radius 2 is 2.13 bits per heavy atom. The van der Waals surface area contributed by atoms with Gasteiger partial charge in [0.2, 0.25) is 0 Å². The standard InChI is InChI=1S/C10H10IN3O/c1-6(12)9-13-10(15-14-9)7-4-2-3-5-8(7)11/h2-6H,12H2,1H3. The van der Waals surface area contributed by atoms with E-state index in [-0.39, 0.29) is 6.04 Å². The van der Waals surface area contributed by atoms with Gasteiger partial charge in [0.15, 0.2) is 5.82 Å². The van der Waals surface area contributed by atoms with Crippen LogP contribution < -0.4 is 5.73 Å². The Morgan fingerprint density at radius 3 is 2.73 bits per heavy atom. The summed E-state index contributed by atoms with van der Waals surface area (Å²) >= 11 is 2.23. The van der Waals surface area contributed by atoms with E-state index < -0.39 is 0 Å². The Balaban J connectivity index is 2.42. The molecule has 1 aromatic carbocycles. The summed E-state index contributed by atoms with van der Waals surface area (Å²) in [6.07, 6.45) is 0. The van der Waals surface area contributed by atoms with E-state index in [1.807, 2.05) is 31.2 Å². The maximum absolute atomic E-state index is 5.66. The molecular weight excluding hydrogens is 305 g/mol. The van der Waals surface area contributed by atoms with E-state index in [0.29, 0.717) is 11.7 Å². The van der Waals surface area contributed by atoms with E-state index in [2.05, 4.69) is 32.7 Å². The molecule has 2 rings (SSSR count). The largest absolute Gasteiger partial charge is 0.334 e. The fraction of sp³-hybridized carbons (Fsp3) is 0.200. The molecule has 1 unspecified atom stereocenters. The zero-order chi connectivity index (χ0) is 10.8. The number of aromatic nitrogens is 2. The molecule has 0 spiro atoms. The topological polar surface area (TPSA) is 64.9 Å².